The molecule has 0 spiro atoms. The fraction of sp³-hybridized carbons (Fsp3) is 1.00. The summed E-state index contributed by atoms with van der Waals surface area (Å²) in [5.74, 6) is 0. The van der Waals surface area contributed by atoms with E-state index in [9.17, 15) is 0 Å². The van der Waals surface area contributed by atoms with Crippen molar-refractivity contribution in [1.29, 1.82) is 0 Å². The number of aliphatic hydroxyl groups is 1. The van der Waals surface area contributed by atoms with Gasteiger partial charge in [-0.25, -0.2) is 0 Å². The molecule has 0 fully saturated rings. The summed E-state index contributed by atoms with van der Waals surface area (Å²) in [5, 5.41) is 8.59. The topological polar surface area (TPSA) is 20.2 Å². The second-order valence-electron chi connectivity index (χ2n) is 1.63. The summed E-state index contributed by atoms with van der Waals surface area (Å²) in [6.07, 6.45) is 2.12. The van der Waals surface area contributed by atoms with Gasteiger partial charge in [0.15, 0.2) is 0 Å². The van der Waals surface area contributed by atoms with Crippen LogP contribution in [0, 0.1) is 0 Å². The van der Waals surface area contributed by atoms with Gasteiger partial charge in [-0.1, -0.05) is 13.3 Å². The van der Waals surface area contributed by atoms with Crippen LogP contribution in [0.25, 0.3) is 0 Å². The smallest absolute Gasteiger partial charge is 0.0547 e. The van der Waals surface area contributed by atoms with Gasteiger partial charge >= 0.3 is 0 Å². The van der Waals surface area contributed by atoms with Gasteiger partial charge in [-0.2, -0.15) is 12.6 Å². The molecule has 0 aromatic heterocycles. The average Bonchev–Trinajstić information content (AvgIpc) is 1.68. The standard InChI is InChI=1S/C5H12OS/c1-2-3-5(7)4-6/h5-7H,2-4H2,1H3. The predicted molar refractivity (Wildman–Crippen MR) is 34.8 cm³/mol. The first-order valence-electron chi connectivity index (χ1n) is 2.60. The van der Waals surface area contributed by atoms with Crippen LogP contribution >= 0.6 is 12.6 Å². The summed E-state index contributed by atoms with van der Waals surface area (Å²) in [6, 6.07) is 0. The highest BCUT2D eigenvalue weighted by molar-refractivity contribution is 7.81. The van der Waals surface area contributed by atoms with Gasteiger partial charge in [-0.05, 0) is 6.42 Å². The van der Waals surface area contributed by atoms with Crippen molar-refractivity contribution < 1.29 is 5.11 Å². The molecule has 44 valence electrons. The molecule has 0 amide bonds. The number of rotatable bonds is 3. The van der Waals surface area contributed by atoms with E-state index >= 15 is 0 Å². The Morgan fingerprint density at radius 2 is 2.29 bits per heavy atom. The summed E-state index contributed by atoms with van der Waals surface area (Å²) in [4.78, 5) is 0. The molecule has 1 N–H and O–H groups in total. The molecule has 0 aliphatic heterocycles. The zero-order valence-electron chi connectivity index (χ0n) is 4.59. The molecule has 0 rings (SSSR count). The summed E-state index contributed by atoms with van der Waals surface area (Å²) in [6.45, 7) is 2.29. The van der Waals surface area contributed by atoms with Crippen molar-refractivity contribution in [3.8, 4) is 0 Å². The van der Waals surface area contributed by atoms with Gasteiger partial charge in [0, 0.05) is 5.25 Å². The highest BCUT2D eigenvalue weighted by Crippen LogP contribution is 2.01. The molecule has 1 unspecified atom stereocenters. The minimum absolute atomic E-state index is 0.199. The Labute approximate surface area is 50.1 Å². The lowest BCUT2D eigenvalue weighted by molar-refractivity contribution is 0.290. The van der Waals surface area contributed by atoms with E-state index in [1.165, 1.54) is 0 Å². The summed E-state index contributed by atoms with van der Waals surface area (Å²) < 4.78 is 0. The summed E-state index contributed by atoms with van der Waals surface area (Å²) in [5.41, 5.74) is 0. The van der Waals surface area contributed by atoms with E-state index in [1.54, 1.807) is 0 Å². The highest BCUT2D eigenvalue weighted by atomic mass is 32.1. The van der Waals surface area contributed by atoms with E-state index in [1.807, 2.05) is 0 Å². The van der Waals surface area contributed by atoms with Gasteiger partial charge in [-0.15, -0.1) is 0 Å². The van der Waals surface area contributed by atoms with Crippen LogP contribution in [0.1, 0.15) is 19.8 Å². The van der Waals surface area contributed by atoms with Crippen LogP contribution in [0.4, 0.5) is 0 Å². The Bertz CT molecular complexity index is 39.1. The lowest BCUT2D eigenvalue weighted by Gasteiger charge is -2.00. The van der Waals surface area contributed by atoms with Crippen molar-refractivity contribution >= 4 is 12.6 Å². The van der Waals surface area contributed by atoms with Crippen LogP contribution in [0.2, 0.25) is 0 Å². The van der Waals surface area contributed by atoms with Crippen molar-refractivity contribution in [2.24, 2.45) is 0 Å². The zero-order valence-corrected chi connectivity index (χ0v) is 5.49. The van der Waals surface area contributed by atoms with E-state index in [-0.39, 0.29) is 11.9 Å². The Kier molecular flexibility index (Phi) is 4.67. The number of aliphatic hydroxyl groups excluding tert-OH is 1. The van der Waals surface area contributed by atoms with Gasteiger partial charge in [0.25, 0.3) is 0 Å². The molecule has 0 saturated carbocycles. The van der Waals surface area contributed by atoms with Crippen molar-refractivity contribution in [2.75, 3.05) is 6.61 Å². The van der Waals surface area contributed by atoms with Gasteiger partial charge < -0.3 is 5.11 Å². The van der Waals surface area contributed by atoms with Crippen LogP contribution in [-0.4, -0.2) is 17.0 Å². The largest absolute Gasteiger partial charge is 0.395 e. The molecule has 7 heavy (non-hydrogen) atoms. The molecular weight excluding hydrogens is 108 g/mol. The van der Waals surface area contributed by atoms with Crippen molar-refractivity contribution in [1.82, 2.24) is 0 Å². The fourth-order valence-corrected chi connectivity index (χ4v) is 0.683. The van der Waals surface area contributed by atoms with Crippen molar-refractivity contribution in [3.63, 3.8) is 0 Å². The second kappa shape index (κ2) is 4.47. The fourth-order valence-electron chi connectivity index (χ4n) is 0.425. The molecule has 0 aliphatic rings. The average molecular weight is 120 g/mol. The van der Waals surface area contributed by atoms with Crippen LogP contribution in [0.15, 0.2) is 0 Å². The monoisotopic (exact) mass is 120 g/mol. The molecule has 1 nitrogen and oxygen atoms in total. The molecule has 0 aliphatic carbocycles. The molecular formula is C5H12OS. The molecule has 2 heteroatoms. The Balaban J connectivity index is 2.83. The van der Waals surface area contributed by atoms with Crippen LogP contribution in [0.5, 0.6) is 0 Å². The molecule has 0 saturated heterocycles. The van der Waals surface area contributed by atoms with Crippen LogP contribution in [0.3, 0.4) is 0 Å². The maximum Gasteiger partial charge on any atom is 0.0547 e. The number of hydrogen-bond acceptors (Lipinski definition) is 2. The first-order chi connectivity index (χ1) is 3.31. The van der Waals surface area contributed by atoms with Crippen molar-refractivity contribution in [2.45, 2.75) is 25.0 Å². The number of thiol groups is 1. The first kappa shape index (κ1) is 7.31. The Morgan fingerprint density at radius 1 is 1.71 bits per heavy atom. The van der Waals surface area contributed by atoms with E-state index < -0.39 is 0 Å². The van der Waals surface area contributed by atoms with Gasteiger partial charge in [0.1, 0.15) is 0 Å². The third-order valence-corrected chi connectivity index (χ3v) is 1.25. The minimum Gasteiger partial charge on any atom is -0.395 e. The van der Waals surface area contributed by atoms with Gasteiger partial charge in [-0.3, -0.25) is 0 Å². The van der Waals surface area contributed by atoms with E-state index in [0.29, 0.717) is 0 Å². The van der Waals surface area contributed by atoms with Crippen molar-refractivity contribution in [3.05, 3.63) is 0 Å². The van der Waals surface area contributed by atoms with E-state index in [2.05, 4.69) is 19.6 Å². The van der Waals surface area contributed by atoms with Gasteiger partial charge in [0.2, 0.25) is 0 Å². The SMILES string of the molecule is CCCC(S)CO. The normalized spacial score (nSPS) is 14.1. The predicted octanol–water partition coefficient (Wildman–Crippen LogP) is 1.08. The molecule has 0 bridgehead atoms. The first-order valence-corrected chi connectivity index (χ1v) is 3.11. The second-order valence-corrected chi connectivity index (χ2v) is 2.36. The quantitative estimate of drug-likeness (QED) is 0.534. The highest BCUT2D eigenvalue weighted by Gasteiger charge is 1.95. The number of hydrogen-bond donors (Lipinski definition) is 2. The van der Waals surface area contributed by atoms with E-state index in [0.717, 1.165) is 12.8 Å². The Hall–Kier alpha value is 0.310. The molecule has 0 aromatic rings. The minimum atomic E-state index is 0.199. The third kappa shape index (κ3) is 4.16. The lowest BCUT2D eigenvalue weighted by atomic mass is 10.3. The molecule has 0 aromatic carbocycles. The zero-order chi connectivity index (χ0) is 5.70. The maximum atomic E-state index is 8.39. The summed E-state index contributed by atoms with van der Waals surface area (Å²) in [7, 11) is 0. The summed E-state index contributed by atoms with van der Waals surface area (Å²) >= 11 is 4.06. The molecule has 0 radical (unpaired) electrons. The molecule has 1 atom stereocenters. The maximum absolute atomic E-state index is 8.39. The Morgan fingerprint density at radius 3 is 2.43 bits per heavy atom. The van der Waals surface area contributed by atoms with Crippen LogP contribution < -0.4 is 0 Å². The van der Waals surface area contributed by atoms with Gasteiger partial charge in [0.05, 0.1) is 6.61 Å². The van der Waals surface area contributed by atoms with Crippen LogP contribution in [-0.2, 0) is 0 Å². The third-order valence-electron chi connectivity index (χ3n) is 0.833. The lowest BCUT2D eigenvalue weighted by Crippen LogP contribution is -2.02. The molecule has 0 heterocycles. The van der Waals surface area contributed by atoms with E-state index in [4.69, 9.17) is 5.11 Å².